The number of hydrogen-bond acceptors (Lipinski definition) is 4. The minimum Gasteiger partial charge on any atom is -0.336 e. The molecule has 0 bridgehead atoms. The molecule has 4 rings (SSSR count). The van der Waals surface area contributed by atoms with Crippen molar-refractivity contribution < 1.29 is 9.59 Å². The number of rotatable bonds is 5. The lowest BCUT2D eigenvalue weighted by molar-refractivity contribution is -0.117. The molecule has 1 saturated heterocycles. The standard InChI is InChI=1S/C21H24N4O2/c26-20(16-4-5-16)23-18-8-6-17(7-9-18)21(27)25-13-11-24(12-14-25)15-19-3-1-2-10-22-19/h1-3,6-10,16H,4-5,11-15H2,(H,23,26). The number of pyridine rings is 1. The van der Waals surface area contributed by atoms with E-state index in [1.54, 1.807) is 12.1 Å². The van der Waals surface area contributed by atoms with Crippen molar-refractivity contribution in [3.63, 3.8) is 0 Å². The summed E-state index contributed by atoms with van der Waals surface area (Å²) in [5, 5.41) is 2.90. The highest BCUT2D eigenvalue weighted by Gasteiger charge is 2.29. The molecular weight excluding hydrogens is 340 g/mol. The van der Waals surface area contributed by atoms with Gasteiger partial charge >= 0.3 is 0 Å². The molecule has 1 aromatic heterocycles. The fourth-order valence-electron chi connectivity index (χ4n) is 3.30. The zero-order valence-corrected chi connectivity index (χ0v) is 15.3. The number of aromatic nitrogens is 1. The maximum atomic E-state index is 12.7. The third-order valence-electron chi connectivity index (χ3n) is 5.12. The van der Waals surface area contributed by atoms with E-state index in [0.717, 1.165) is 43.9 Å². The van der Waals surface area contributed by atoms with Crippen LogP contribution in [0.15, 0.2) is 48.7 Å². The van der Waals surface area contributed by atoms with Crippen LogP contribution in [0.4, 0.5) is 5.69 Å². The van der Waals surface area contributed by atoms with Crippen molar-refractivity contribution in [2.24, 2.45) is 5.92 Å². The third kappa shape index (κ3) is 4.52. The maximum Gasteiger partial charge on any atom is 0.253 e. The Morgan fingerprint density at radius 3 is 2.37 bits per heavy atom. The smallest absolute Gasteiger partial charge is 0.253 e. The van der Waals surface area contributed by atoms with Gasteiger partial charge in [0.2, 0.25) is 5.91 Å². The van der Waals surface area contributed by atoms with Gasteiger partial charge in [0.1, 0.15) is 0 Å². The molecule has 2 heterocycles. The van der Waals surface area contributed by atoms with E-state index in [1.165, 1.54) is 0 Å². The molecule has 0 radical (unpaired) electrons. The van der Waals surface area contributed by atoms with E-state index in [9.17, 15) is 9.59 Å². The molecule has 140 valence electrons. The zero-order chi connectivity index (χ0) is 18.6. The van der Waals surface area contributed by atoms with Crippen molar-refractivity contribution in [1.82, 2.24) is 14.8 Å². The van der Waals surface area contributed by atoms with Crippen LogP contribution in [0, 0.1) is 5.92 Å². The molecule has 6 heteroatoms. The topological polar surface area (TPSA) is 65.5 Å². The summed E-state index contributed by atoms with van der Waals surface area (Å²) < 4.78 is 0. The predicted octanol–water partition coefficient (Wildman–Crippen LogP) is 2.39. The summed E-state index contributed by atoms with van der Waals surface area (Å²) in [7, 11) is 0. The van der Waals surface area contributed by atoms with Crippen LogP contribution in [0.2, 0.25) is 0 Å². The van der Waals surface area contributed by atoms with Gasteiger partial charge in [-0.15, -0.1) is 0 Å². The van der Waals surface area contributed by atoms with E-state index >= 15 is 0 Å². The SMILES string of the molecule is O=C(Nc1ccc(C(=O)N2CCN(Cc3ccccn3)CC2)cc1)C1CC1. The molecule has 0 unspecified atom stereocenters. The lowest BCUT2D eigenvalue weighted by atomic mass is 10.1. The first kappa shape index (κ1) is 17.7. The fourth-order valence-corrected chi connectivity index (χ4v) is 3.30. The summed E-state index contributed by atoms with van der Waals surface area (Å²) in [6.07, 6.45) is 3.77. The third-order valence-corrected chi connectivity index (χ3v) is 5.12. The number of carbonyl (C=O) groups is 2. The summed E-state index contributed by atoms with van der Waals surface area (Å²) in [5.41, 5.74) is 2.47. The van der Waals surface area contributed by atoms with Gasteiger partial charge in [0, 0.05) is 56.1 Å². The van der Waals surface area contributed by atoms with Crippen molar-refractivity contribution in [3.05, 3.63) is 59.9 Å². The largest absolute Gasteiger partial charge is 0.336 e. The number of anilines is 1. The molecule has 1 N–H and O–H groups in total. The van der Waals surface area contributed by atoms with E-state index in [4.69, 9.17) is 0 Å². The molecule has 27 heavy (non-hydrogen) atoms. The molecule has 2 aliphatic rings. The summed E-state index contributed by atoms with van der Waals surface area (Å²) in [6.45, 7) is 3.94. The van der Waals surface area contributed by atoms with E-state index in [0.29, 0.717) is 18.7 Å². The minimum atomic E-state index is 0.0487. The summed E-state index contributed by atoms with van der Waals surface area (Å²) in [6, 6.07) is 13.2. The Labute approximate surface area is 159 Å². The quantitative estimate of drug-likeness (QED) is 0.885. The average molecular weight is 364 g/mol. The highest BCUT2D eigenvalue weighted by Crippen LogP contribution is 2.30. The van der Waals surface area contributed by atoms with Crippen LogP contribution in [-0.4, -0.2) is 52.8 Å². The number of nitrogens with one attached hydrogen (secondary N) is 1. The normalized spacial score (nSPS) is 17.6. The fraction of sp³-hybridized carbons (Fsp3) is 0.381. The monoisotopic (exact) mass is 364 g/mol. The summed E-state index contributed by atoms with van der Waals surface area (Å²) >= 11 is 0. The van der Waals surface area contributed by atoms with Crippen molar-refractivity contribution in [2.75, 3.05) is 31.5 Å². The molecule has 1 aliphatic heterocycles. The lowest BCUT2D eigenvalue weighted by Crippen LogP contribution is -2.48. The highest BCUT2D eigenvalue weighted by molar-refractivity contribution is 5.96. The molecule has 1 saturated carbocycles. The van der Waals surface area contributed by atoms with Crippen LogP contribution in [0.1, 0.15) is 28.9 Å². The van der Waals surface area contributed by atoms with Gasteiger partial charge in [0.15, 0.2) is 0 Å². The van der Waals surface area contributed by atoms with E-state index in [2.05, 4.69) is 15.2 Å². The molecule has 0 atom stereocenters. The molecule has 2 amide bonds. The second-order valence-corrected chi connectivity index (χ2v) is 7.23. The van der Waals surface area contributed by atoms with E-state index in [1.807, 2.05) is 41.4 Å². The van der Waals surface area contributed by atoms with Crippen molar-refractivity contribution in [2.45, 2.75) is 19.4 Å². The predicted molar refractivity (Wildman–Crippen MR) is 103 cm³/mol. The van der Waals surface area contributed by atoms with E-state index in [-0.39, 0.29) is 17.7 Å². The van der Waals surface area contributed by atoms with Crippen molar-refractivity contribution >= 4 is 17.5 Å². The van der Waals surface area contributed by atoms with Gasteiger partial charge in [0.25, 0.3) is 5.91 Å². The second kappa shape index (κ2) is 7.88. The Kier molecular flexibility index (Phi) is 5.16. The van der Waals surface area contributed by atoms with Crippen LogP contribution in [0.25, 0.3) is 0 Å². The van der Waals surface area contributed by atoms with E-state index < -0.39 is 0 Å². The molecule has 6 nitrogen and oxygen atoms in total. The first-order valence-corrected chi connectivity index (χ1v) is 9.51. The molecule has 1 aliphatic carbocycles. The van der Waals surface area contributed by atoms with Gasteiger partial charge in [-0.05, 0) is 49.2 Å². The first-order valence-electron chi connectivity index (χ1n) is 9.51. The molecular formula is C21H24N4O2. The van der Waals surface area contributed by atoms with Crippen LogP contribution < -0.4 is 5.32 Å². The molecule has 2 aromatic rings. The molecule has 1 aromatic carbocycles. The van der Waals surface area contributed by atoms with Crippen LogP contribution in [0.3, 0.4) is 0 Å². The van der Waals surface area contributed by atoms with Crippen LogP contribution in [-0.2, 0) is 11.3 Å². The number of benzene rings is 1. The number of nitrogens with zero attached hydrogens (tertiary/aromatic N) is 3. The van der Waals surface area contributed by atoms with Gasteiger partial charge in [-0.3, -0.25) is 19.5 Å². The number of hydrogen-bond donors (Lipinski definition) is 1. The van der Waals surface area contributed by atoms with Gasteiger partial charge in [-0.2, -0.15) is 0 Å². The molecule has 0 spiro atoms. The number of carbonyl (C=O) groups excluding carboxylic acids is 2. The number of amides is 2. The Balaban J connectivity index is 1.29. The lowest BCUT2D eigenvalue weighted by Gasteiger charge is -2.34. The van der Waals surface area contributed by atoms with Crippen LogP contribution >= 0.6 is 0 Å². The molecule has 2 fully saturated rings. The highest BCUT2D eigenvalue weighted by atomic mass is 16.2. The van der Waals surface area contributed by atoms with Gasteiger partial charge in [-0.25, -0.2) is 0 Å². The summed E-state index contributed by atoms with van der Waals surface area (Å²) in [4.78, 5) is 33.1. The zero-order valence-electron chi connectivity index (χ0n) is 15.3. The summed E-state index contributed by atoms with van der Waals surface area (Å²) in [5.74, 6) is 0.305. The Morgan fingerprint density at radius 1 is 1.00 bits per heavy atom. The van der Waals surface area contributed by atoms with Gasteiger partial charge in [-0.1, -0.05) is 6.07 Å². The van der Waals surface area contributed by atoms with Gasteiger partial charge < -0.3 is 10.2 Å². The Hall–Kier alpha value is -2.73. The van der Waals surface area contributed by atoms with Gasteiger partial charge in [0.05, 0.1) is 5.69 Å². The second-order valence-electron chi connectivity index (χ2n) is 7.23. The Bertz CT molecular complexity index is 795. The average Bonchev–Trinajstić information content (AvgIpc) is 3.55. The maximum absolute atomic E-state index is 12.7. The first-order chi connectivity index (χ1) is 13.2. The minimum absolute atomic E-state index is 0.0487. The number of piperazine rings is 1. The van der Waals surface area contributed by atoms with Crippen molar-refractivity contribution in [3.8, 4) is 0 Å². The van der Waals surface area contributed by atoms with Crippen LogP contribution in [0.5, 0.6) is 0 Å². The van der Waals surface area contributed by atoms with Crippen molar-refractivity contribution in [1.29, 1.82) is 0 Å². The Morgan fingerprint density at radius 2 is 1.74 bits per heavy atom.